The number of nitrogens with zero attached hydrogens (tertiary/aromatic N) is 2. The third kappa shape index (κ3) is 2.64. The molecular formula is C17H22N4O. The molecule has 2 N–H and O–H groups in total. The van der Waals surface area contributed by atoms with Gasteiger partial charge < -0.3 is 10.6 Å². The highest BCUT2D eigenvalue weighted by molar-refractivity contribution is 5.97. The quantitative estimate of drug-likeness (QED) is 0.913. The van der Waals surface area contributed by atoms with Crippen molar-refractivity contribution >= 4 is 11.6 Å². The maximum Gasteiger partial charge on any atom is 0.252 e. The summed E-state index contributed by atoms with van der Waals surface area (Å²) >= 11 is 0. The van der Waals surface area contributed by atoms with Crippen molar-refractivity contribution in [3.8, 4) is 0 Å². The minimum absolute atomic E-state index is 0.0198. The van der Waals surface area contributed by atoms with Crippen molar-refractivity contribution in [2.45, 2.75) is 32.2 Å². The van der Waals surface area contributed by atoms with Crippen LogP contribution in [0.3, 0.4) is 0 Å². The summed E-state index contributed by atoms with van der Waals surface area (Å²) in [6, 6.07) is 7.98. The number of benzene rings is 1. The summed E-state index contributed by atoms with van der Waals surface area (Å²) in [5.74, 6) is 0.0198. The molecule has 0 spiro atoms. The van der Waals surface area contributed by atoms with Crippen molar-refractivity contribution < 1.29 is 4.79 Å². The van der Waals surface area contributed by atoms with Gasteiger partial charge in [-0.05, 0) is 63.0 Å². The molecule has 5 heteroatoms. The van der Waals surface area contributed by atoms with Crippen molar-refractivity contribution in [1.82, 2.24) is 15.1 Å². The number of anilines is 1. The molecule has 2 aromatic rings. The second-order valence-electron chi connectivity index (χ2n) is 6.00. The summed E-state index contributed by atoms with van der Waals surface area (Å²) in [5.41, 5.74) is 2.49. The number of aromatic nitrogens is 2. The van der Waals surface area contributed by atoms with E-state index in [0.29, 0.717) is 0 Å². The largest absolute Gasteiger partial charge is 0.324 e. The van der Waals surface area contributed by atoms with E-state index in [-0.39, 0.29) is 5.91 Å². The highest BCUT2D eigenvalue weighted by Crippen LogP contribution is 2.29. The van der Waals surface area contributed by atoms with Crippen molar-refractivity contribution in [1.29, 1.82) is 0 Å². The van der Waals surface area contributed by atoms with Crippen LogP contribution in [0.2, 0.25) is 0 Å². The lowest BCUT2D eigenvalue weighted by molar-refractivity contribution is -0.126. The molecule has 1 aliphatic rings. The summed E-state index contributed by atoms with van der Waals surface area (Å²) in [6.07, 6.45) is 5.10. The van der Waals surface area contributed by atoms with Crippen LogP contribution in [-0.4, -0.2) is 28.8 Å². The lowest BCUT2D eigenvalue weighted by Gasteiger charge is -2.36. The van der Waals surface area contributed by atoms with Crippen molar-refractivity contribution in [3.05, 3.63) is 47.8 Å². The minimum atomic E-state index is -0.606. The van der Waals surface area contributed by atoms with E-state index in [1.165, 1.54) is 0 Å². The maximum absolute atomic E-state index is 13.1. The highest BCUT2D eigenvalue weighted by atomic mass is 16.2. The van der Waals surface area contributed by atoms with Crippen molar-refractivity contribution in [2.24, 2.45) is 0 Å². The van der Waals surface area contributed by atoms with Gasteiger partial charge in [0.25, 0.3) is 5.91 Å². The van der Waals surface area contributed by atoms with Gasteiger partial charge in [0.2, 0.25) is 0 Å². The number of hydrogen-bond donors (Lipinski definition) is 2. The summed E-state index contributed by atoms with van der Waals surface area (Å²) in [5, 5.41) is 10.8. The molecule has 0 aliphatic carbocycles. The zero-order valence-corrected chi connectivity index (χ0v) is 13.1. The van der Waals surface area contributed by atoms with Gasteiger partial charge in [-0.25, -0.2) is 0 Å². The summed E-state index contributed by atoms with van der Waals surface area (Å²) < 4.78 is 1.81. The van der Waals surface area contributed by atoms with E-state index in [1.807, 2.05) is 42.9 Å². The number of hydrogen-bond acceptors (Lipinski definition) is 3. The molecule has 1 aromatic carbocycles. The molecule has 1 aromatic heterocycles. The summed E-state index contributed by atoms with van der Waals surface area (Å²) in [4.78, 5) is 13.1. The van der Waals surface area contributed by atoms with Crippen LogP contribution in [0.25, 0.3) is 0 Å². The van der Waals surface area contributed by atoms with Gasteiger partial charge in [0, 0.05) is 18.1 Å². The molecule has 0 radical (unpaired) electrons. The average Bonchev–Trinajstić information content (AvgIpc) is 3.06. The fourth-order valence-electron chi connectivity index (χ4n) is 3.03. The van der Waals surface area contributed by atoms with Crippen LogP contribution in [0.1, 0.15) is 24.0 Å². The smallest absolute Gasteiger partial charge is 0.252 e. The molecule has 22 heavy (non-hydrogen) atoms. The van der Waals surface area contributed by atoms with Gasteiger partial charge in [-0.1, -0.05) is 12.1 Å². The van der Waals surface area contributed by atoms with Crippen LogP contribution in [-0.2, 0) is 10.3 Å². The third-order valence-corrected chi connectivity index (χ3v) is 4.44. The predicted molar refractivity (Wildman–Crippen MR) is 86.9 cm³/mol. The number of rotatable bonds is 3. The first-order valence-electron chi connectivity index (χ1n) is 7.71. The molecule has 1 amide bonds. The zero-order valence-electron chi connectivity index (χ0n) is 13.1. The fraction of sp³-hybridized carbons (Fsp3) is 0.412. The van der Waals surface area contributed by atoms with E-state index < -0.39 is 5.54 Å². The van der Waals surface area contributed by atoms with Gasteiger partial charge in [-0.2, -0.15) is 5.10 Å². The van der Waals surface area contributed by atoms with Crippen LogP contribution in [0.15, 0.2) is 36.7 Å². The predicted octanol–water partition coefficient (Wildman–Crippen LogP) is 2.22. The summed E-state index contributed by atoms with van der Waals surface area (Å²) in [6.45, 7) is 5.68. The van der Waals surface area contributed by atoms with Crippen LogP contribution in [0.5, 0.6) is 0 Å². The minimum Gasteiger partial charge on any atom is -0.324 e. The molecule has 116 valence electrons. The van der Waals surface area contributed by atoms with Crippen LogP contribution in [0.4, 0.5) is 5.69 Å². The van der Waals surface area contributed by atoms with E-state index in [1.54, 1.807) is 6.20 Å². The molecular weight excluding hydrogens is 276 g/mol. The van der Waals surface area contributed by atoms with Gasteiger partial charge in [-0.15, -0.1) is 0 Å². The lowest BCUT2D eigenvalue weighted by Crippen LogP contribution is -2.52. The second kappa shape index (κ2) is 5.93. The molecule has 0 atom stereocenters. The number of amides is 1. The van der Waals surface area contributed by atoms with Gasteiger partial charge in [0.1, 0.15) is 5.54 Å². The fourth-order valence-corrected chi connectivity index (χ4v) is 3.03. The second-order valence-corrected chi connectivity index (χ2v) is 6.00. The highest BCUT2D eigenvalue weighted by Gasteiger charge is 2.42. The normalized spacial score (nSPS) is 17.2. The molecule has 1 aliphatic heterocycles. The Bertz CT molecular complexity index is 657. The monoisotopic (exact) mass is 298 g/mol. The standard InChI is InChI=1S/C17H22N4O/c1-13-4-5-14(2)15(12-13)20-16(22)17(6-9-18-10-7-17)21-11-3-8-19-21/h3-5,8,11-12,18H,6-7,9-10H2,1-2H3,(H,20,22). The molecule has 1 saturated heterocycles. The molecule has 5 nitrogen and oxygen atoms in total. The number of carbonyl (C=O) groups is 1. The Labute approximate surface area is 130 Å². The SMILES string of the molecule is Cc1ccc(C)c(NC(=O)C2(n3cccn3)CCNCC2)c1. The first-order valence-corrected chi connectivity index (χ1v) is 7.71. The Morgan fingerprint density at radius 1 is 1.32 bits per heavy atom. The third-order valence-electron chi connectivity index (χ3n) is 4.44. The van der Waals surface area contributed by atoms with Crippen molar-refractivity contribution in [3.63, 3.8) is 0 Å². The Morgan fingerprint density at radius 2 is 2.09 bits per heavy atom. The van der Waals surface area contributed by atoms with E-state index in [2.05, 4.69) is 21.8 Å². The van der Waals surface area contributed by atoms with Crippen LogP contribution in [0, 0.1) is 13.8 Å². The van der Waals surface area contributed by atoms with Gasteiger partial charge in [0.05, 0.1) is 0 Å². The van der Waals surface area contributed by atoms with E-state index in [0.717, 1.165) is 42.7 Å². The molecule has 0 unspecified atom stereocenters. The van der Waals surface area contributed by atoms with Crippen molar-refractivity contribution in [2.75, 3.05) is 18.4 Å². The maximum atomic E-state index is 13.1. The van der Waals surface area contributed by atoms with Crippen LogP contribution >= 0.6 is 0 Å². The van der Waals surface area contributed by atoms with Gasteiger partial charge in [-0.3, -0.25) is 9.48 Å². The molecule has 2 heterocycles. The number of aryl methyl sites for hydroxylation is 2. The van der Waals surface area contributed by atoms with Gasteiger partial charge in [0.15, 0.2) is 0 Å². The first kappa shape index (κ1) is 14.8. The lowest BCUT2D eigenvalue weighted by atomic mass is 9.87. The first-order chi connectivity index (χ1) is 10.6. The van der Waals surface area contributed by atoms with Crippen LogP contribution < -0.4 is 10.6 Å². The van der Waals surface area contributed by atoms with E-state index in [4.69, 9.17) is 0 Å². The van der Waals surface area contributed by atoms with E-state index >= 15 is 0 Å². The molecule has 0 bridgehead atoms. The Hall–Kier alpha value is -2.14. The molecule has 0 saturated carbocycles. The number of nitrogens with one attached hydrogen (secondary N) is 2. The topological polar surface area (TPSA) is 59.0 Å². The Morgan fingerprint density at radius 3 is 2.77 bits per heavy atom. The number of carbonyl (C=O) groups excluding carboxylic acids is 1. The van der Waals surface area contributed by atoms with E-state index in [9.17, 15) is 4.79 Å². The average molecular weight is 298 g/mol. The van der Waals surface area contributed by atoms with Gasteiger partial charge >= 0.3 is 0 Å². The molecule has 3 rings (SSSR count). The summed E-state index contributed by atoms with van der Waals surface area (Å²) in [7, 11) is 0. The Kier molecular flexibility index (Phi) is 3.98. The molecule has 1 fully saturated rings. The Balaban J connectivity index is 1.91. The number of piperidine rings is 1. The zero-order chi connectivity index (χ0) is 15.6.